The Morgan fingerprint density at radius 2 is 1.81 bits per heavy atom. The van der Waals surface area contributed by atoms with E-state index in [0.717, 1.165) is 18.8 Å². The number of nitrogens with zero attached hydrogens (tertiary/aromatic N) is 4. The van der Waals surface area contributed by atoms with Gasteiger partial charge in [0.1, 0.15) is 0 Å². The van der Waals surface area contributed by atoms with Crippen molar-refractivity contribution >= 4 is 0 Å². The molecule has 108 valence electrons. The second-order valence-electron chi connectivity index (χ2n) is 5.13. The van der Waals surface area contributed by atoms with E-state index < -0.39 is 0 Å². The Bertz CT molecular complexity index is 641. The Morgan fingerprint density at radius 3 is 2.48 bits per heavy atom. The first-order valence-corrected chi connectivity index (χ1v) is 7.11. The quantitative estimate of drug-likeness (QED) is 0.754. The molecule has 0 aliphatic heterocycles. The molecule has 1 N–H and O–H groups in total. The molecule has 0 bridgehead atoms. The molecule has 5 heteroatoms. The Balaban J connectivity index is 1.53. The highest BCUT2D eigenvalue weighted by Crippen LogP contribution is 2.08. The zero-order chi connectivity index (χ0) is 14.5. The van der Waals surface area contributed by atoms with Gasteiger partial charge in [-0.15, -0.1) is 0 Å². The lowest BCUT2D eigenvalue weighted by Gasteiger charge is -2.14. The minimum Gasteiger partial charge on any atom is -0.308 e. The molecule has 1 aromatic carbocycles. The van der Waals surface area contributed by atoms with Crippen molar-refractivity contribution in [2.75, 3.05) is 0 Å². The van der Waals surface area contributed by atoms with Gasteiger partial charge < -0.3 is 5.32 Å². The molecule has 2 aromatic heterocycles. The fraction of sp³-hybridized carbons (Fsp3) is 0.250. The predicted octanol–water partition coefficient (Wildman–Crippen LogP) is 2.25. The fourth-order valence-electron chi connectivity index (χ4n) is 2.23. The molecule has 3 aromatic rings. The van der Waals surface area contributed by atoms with Crippen LogP contribution in [-0.2, 0) is 13.1 Å². The molecule has 0 radical (unpaired) electrons. The summed E-state index contributed by atoms with van der Waals surface area (Å²) < 4.78 is 3.80. The number of rotatable bonds is 6. The number of nitrogens with one attached hydrogen (secondary N) is 1. The second-order valence-corrected chi connectivity index (χ2v) is 5.13. The third-order valence-electron chi connectivity index (χ3n) is 3.38. The molecule has 0 saturated carbocycles. The van der Waals surface area contributed by atoms with Crippen molar-refractivity contribution < 1.29 is 0 Å². The molecule has 0 unspecified atom stereocenters. The van der Waals surface area contributed by atoms with Crippen molar-refractivity contribution in [1.29, 1.82) is 0 Å². The van der Waals surface area contributed by atoms with Gasteiger partial charge in [-0.05, 0) is 36.8 Å². The largest absolute Gasteiger partial charge is 0.308 e. The molecular weight excluding hydrogens is 262 g/mol. The van der Waals surface area contributed by atoms with Crippen molar-refractivity contribution in [2.24, 2.45) is 0 Å². The summed E-state index contributed by atoms with van der Waals surface area (Å²) >= 11 is 0. The third-order valence-corrected chi connectivity index (χ3v) is 3.38. The van der Waals surface area contributed by atoms with Crippen LogP contribution in [0.3, 0.4) is 0 Å². The van der Waals surface area contributed by atoms with Gasteiger partial charge in [0.25, 0.3) is 0 Å². The van der Waals surface area contributed by atoms with E-state index in [2.05, 4.69) is 46.7 Å². The van der Waals surface area contributed by atoms with Crippen molar-refractivity contribution in [3.8, 4) is 5.69 Å². The fourth-order valence-corrected chi connectivity index (χ4v) is 2.23. The second kappa shape index (κ2) is 6.37. The lowest BCUT2D eigenvalue weighted by atomic mass is 10.2. The number of hydrogen-bond donors (Lipinski definition) is 1. The molecule has 1 atom stereocenters. The van der Waals surface area contributed by atoms with Gasteiger partial charge in [-0.2, -0.15) is 10.2 Å². The zero-order valence-corrected chi connectivity index (χ0v) is 12.1. The minimum atomic E-state index is 0.371. The highest BCUT2D eigenvalue weighted by atomic mass is 15.3. The van der Waals surface area contributed by atoms with Crippen LogP contribution in [0.25, 0.3) is 5.69 Å². The summed E-state index contributed by atoms with van der Waals surface area (Å²) in [4.78, 5) is 0. The van der Waals surface area contributed by atoms with Gasteiger partial charge in [-0.1, -0.05) is 12.1 Å². The van der Waals surface area contributed by atoms with Crippen molar-refractivity contribution in [1.82, 2.24) is 24.9 Å². The van der Waals surface area contributed by atoms with E-state index >= 15 is 0 Å². The Kier molecular flexibility index (Phi) is 4.12. The maximum atomic E-state index is 4.22. The van der Waals surface area contributed by atoms with Gasteiger partial charge >= 0.3 is 0 Å². The summed E-state index contributed by atoms with van der Waals surface area (Å²) in [6.07, 6.45) is 7.52. The first kappa shape index (κ1) is 13.6. The van der Waals surface area contributed by atoms with E-state index in [4.69, 9.17) is 0 Å². The molecule has 0 saturated heterocycles. The maximum absolute atomic E-state index is 4.22. The van der Waals surface area contributed by atoms with E-state index in [9.17, 15) is 0 Å². The van der Waals surface area contributed by atoms with E-state index in [1.807, 2.05) is 33.9 Å². The highest BCUT2D eigenvalue weighted by molar-refractivity contribution is 5.33. The molecule has 0 aliphatic rings. The van der Waals surface area contributed by atoms with Crippen LogP contribution >= 0.6 is 0 Å². The SMILES string of the molecule is C[C@H](Cn1cccn1)NCc1ccc(-n2cccn2)cc1. The number of aromatic nitrogens is 4. The Morgan fingerprint density at radius 1 is 1.05 bits per heavy atom. The summed E-state index contributed by atoms with van der Waals surface area (Å²) in [5.74, 6) is 0. The lowest BCUT2D eigenvalue weighted by Crippen LogP contribution is -2.30. The zero-order valence-electron chi connectivity index (χ0n) is 12.1. The van der Waals surface area contributed by atoms with Crippen molar-refractivity contribution in [2.45, 2.75) is 26.1 Å². The highest BCUT2D eigenvalue weighted by Gasteiger charge is 2.03. The summed E-state index contributed by atoms with van der Waals surface area (Å²) in [5, 5.41) is 11.9. The standard InChI is InChI=1S/C16H19N5/c1-14(13-20-10-2-8-18-20)17-12-15-4-6-16(7-5-15)21-11-3-9-19-21/h2-11,14,17H,12-13H2,1H3/t14-/m1/s1. The first-order chi connectivity index (χ1) is 10.3. The smallest absolute Gasteiger partial charge is 0.0645 e. The molecule has 2 heterocycles. The van der Waals surface area contributed by atoms with Gasteiger partial charge in [-0.25, -0.2) is 4.68 Å². The number of hydrogen-bond acceptors (Lipinski definition) is 3. The Labute approximate surface area is 124 Å². The van der Waals surface area contributed by atoms with Crippen LogP contribution in [0, 0.1) is 0 Å². The van der Waals surface area contributed by atoms with Crippen LogP contribution in [-0.4, -0.2) is 25.6 Å². The summed E-state index contributed by atoms with van der Waals surface area (Å²) in [6.45, 7) is 3.89. The molecule has 5 nitrogen and oxygen atoms in total. The predicted molar refractivity (Wildman–Crippen MR) is 82.1 cm³/mol. The van der Waals surface area contributed by atoms with Crippen molar-refractivity contribution in [3.63, 3.8) is 0 Å². The normalized spacial score (nSPS) is 12.4. The van der Waals surface area contributed by atoms with E-state index in [0.29, 0.717) is 6.04 Å². The number of benzene rings is 1. The van der Waals surface area contributed by atoms with Crippen LogP contribution in [0.5, 0.6) is 0 Å². The van der Waals surface area contributed by atoms with E-state index in [-0.39, 0.29) is 0 Å². The molecule has 0 fully saturated rings. The summed E-state index contributed by atoms with van der Waals surface area (Å²) in [5.41, 5.74) is 2.34. The summed E-state index contributed by atoms with van der Waals surface area (Å²) in [7, 11) is 0. The van der Waals surface area contributed by atoms with Crippen molar-refractivity contribution in [3.05, 3.63) is 66.7 Å². The van der Waals surface area contributed by atoms with E-state index in [1.165, 1.54) is 5.56 Å². The molecule has 0 amide bonds. The van der Waals surface area contributed by atoms with Crippen LogP contribution in [0.15, 0.2) is 61.2 Å². The topological polar surface area (TPSA) is 47.7 Å². The molecule has 0 spiro atoms. The summed E-state index contributed by atoms with van der Waals surface area (Å²) in [6, 6.07) is 12.7. The third kappa shape index (κ3) is 3.58. The van der Waals surface area contributed by atoms with Gasteiger partial charge in [0.15, 0.2) is 0 Å². The van der Waals surface area contributed by atoms with Crippen LogP contribution in [0.2, 0.25) is 0 Å². The molecule has 21 heavy (non-hydrogen) atoms. The monoisotopic (exact) mass is 281 g/mol. The first-order valence-electron chi connectivity index (χ1n) is 7.11. The van der Waals surface area contributed by atoms with Gasteiger partial charge in [0.05, 0.1) is 12.2 Å². The van der Waals surface area contributed by atoms with Crippen LogP contribution in [0.1, 0.15) is 12.5 Å². The average molecular weight is 281 g/mol. The molecule has 3 rings (SSSR count). The Hall–Kier alpha value is -2.40. The van der Waals surface area contributed by atoms with Gasteiger partial charge in [-0.3, -0.25) is 4.68 Å². The molecular formula is C16H19N5. The maximum Gasteiger partial charge on any atom is 0.0645 e. The van der Waals surface area contributed by atoms with E-state index in [1.54, 1.807) is 12.4 Å². The van der Waals surface area contributed by atoms with Gasteiger partial charge in [0, 0.05) is 37.4 Å². The lowest BCUT2D eigenvalue weighted by molar-refractivity contribution is 0.451. The average Bonchev–Trinajstić information content (AvgIpc) is 3.19. The van der Waals surface area contributed by atoms with Crippen LogP contribution < -0.4 is 5.32 Å². The van der Waals surface area contributed by atoms with Crippen LogP contribution in [0.4, 0.5) is 0 Å². The minimum absolute atomic E-state index is 0.371. The molecule has 0 aliphatic carbocycles. The van der Waals surface area contributed by atoms with Gasteiger partial charge in [0.2, 0.25) is 0 Å².